The van der Waals surface area contributed by atoms with Gasteiger partial charge in [-0.15, -0.1) is 0 Å². The molecule has 0 aliphatic heterocycles. The predicted octanol–water partition coefficient (Wildman–Crippen LogP) is -0.208. The molecule has 0 saturated carbocycles. The Kier molecular flexibility index (Phi) is 4.88. The molecule has 3 N–H and O–H groups in total. The van der Waals surface area contributed by atoms with Crippen molar-refractivity contribution in [3.8, 4) is 0 Å². The van der Waals surface area contributed by atoms with Crippen LogP contribution in [-0.4, -0.2) is 38.1 Å². The first-order chi connectivity index (χ1) is 5.08. The number of rotatable bonds is 5. The van der Waals surface area contributed by atoms with Gasteiger partial charge in [0.1, 0.15) is 0 Å². The van der Waals surface area contributed by atoms with Gasteiger partial charge in [0, 0.05) is 20.3 Å². The average molecular weight is 183 g/mol. The quantitative estimate of drug-likeness (QED) is 0.576. The van der Waals surface area contributed by atoms with Gasteiger partial charge in [-0.3, -0.25) is 4.57 Å². The zero-order valence-electron chi connectivity index (χ0n) is 6.69. The first-order valence-electron chi connectivity index (χ1n) is 3.15. The van der Waals surface area contributed by atoms with E-state index in [1.165, 1.54) is 14.2 Å². The molecule has 68 valence electrons. The summed E-state index contributed by atoms with van der Waals surface area (Å²) < 4.78 is 20.5. The van der Waals surface area contributed by atoms with Crippen molar-refractivity contribution >= 4 is 7.60 Å². The van der Waals surface area contributed by atoms with Crippen molar-refractivity contribution in [3.63, 3.8) is 0 Å². The Morgan fingerprint density at radius 1 is 1.55 bits per heavy atom. The first kappa shape index (κ1) is 11.1. The van der Waals surface area contributed by atoms with Crippen LogP contribution in [0, 0.1) is 0 Å². The lowest BCUT2D eigenvalue weighted by Crippen LogP contribution is -2.28. The van der Waals surface area contributed by atoms with Crippen LogP contribution >= 0.6 is 7.60 Å². The third-order valence-corrected chi connectivity index (χ3v) is 3.28. The molecule has 5 nitrogen and oxygen atoms in total. The SMILES string of the molecule is COP(=O)(CC(N)CO)OC. The van der Waals surface area contributed by atoms with Crippen LogP contribution in [-0.2, 0) is 13.6 Å². The summed E-state index contributed by atoms with van der Waals surface area (Å²) in [6.07, 6.45) is 0.0382. The second-order valence-electron chi connectivity index (χ2n) is 2.10. The van der Waals surface area contributed by atoms with E-state index in [1.807, 2.05) is 0 Å². The zero-order valence-corrected chi connectivity index (χ0v) is 7.58. The molecule has 0 saturated heterocycles. The monoisotopic (exact) mass is 183 g/mol. The molecule has 0 heterocycles. The van der Waals surface area contributed by atoms with Gasteiger partial charge in [0.05, 0.1) is 12.8 Å². The average Bonchev–Trinajstić information content (AvgIpc) is 2.04. The van der Waals surface area contributed by atoms with Gasteiger partial charge < -0.3 is 19.9 Å². The van der Waals surface area contributed by atoms with Crippen LogP contribution in [0.2, 0.25) is 0 Å². The molecule has 0 radical (unpaired) electrons. The maximum absolute atomic E-state index is 11.3. The van der Waals surface area contributed by atoms with Crippen LogP contribution in [0.4, 0.5) is 0 Å². The molecule has 0 aromatic rings. The maximum atomic E-state index is 11.3. The molecule has 0 bridgehead atoms. The van der Waals surface area contributed by atoms with Crippen LogP contribution < -0.4 is 5.73 Å². The minimum atomic E-state index is -3.04. The van der Waals surface area contributed by atoms with Gasteiger partial charge in [-0.1, -0.05) is 0 Å². The highest BCUT2D eigenvalue weighted by Crippen LogP contribution is 2.46. The fourth-order valence-electron chi connectivity index (χ4n) is 0.569. The Morgan fingerprint density at radius 2 is 2.00 bits per heavy atom. The Bertz CT molecular complexity index is 143. The molecule has 0 aliphatic carbocycles. The summed E-state index contributed by atoms with van der Waals surface area (Å²) in [7, 11) is -0.467. The van der Waals surface area contributed by atoms with Gasteiger partial charge in [-0.2, -0.15) is 0 Å². The summed E-state index contributed by atoms with van der Waals surface area (Å²) in [5, 5.41) is 8.53. The molecule has 1 atom stereocenters. The highest BCUT2D eigenvalue weighted by atomic mass is 31.2. The summed E-state index contributed by atoms with van der Waals surface area (Å²) in [5.41, 5.74) is 5.33. The standard InChI is InChI=1S/C5H14NO4P/c1-9-11(8,10-2)4-5(6)3-7/h5,7H,3-4,6H2,1-2H3. The minimum absolute atomic E-state index is 0.0382. The molecule has 6 heteroatoms. The lowest BCUT2D eigenvalue weighted by molar-refractivity contribution is 0.249. The molecule has 0 fully saturated rings. The van der Waals surface area contributed by atoms with E-state index in [9.17, 15) is 4.57 Å². The zero-order chi connectivity index (χ0) is 8.91. The van der Waals surface area contributed by atoms with Gasteiger partial charge in [-0.05, 0) is 0 Å². The van der Waals surface area contributed by atoms with E-state index in [0.717, 1.165) is 0 Å². The van der Waals surface area contributed by atoms with Crippen molar-refractivity contribution in [2.24, 2.45) is 5.73 Å². The van der Waals surface area contributed by atoms with Gasteiger partial charge in [0.15, 0.2) is 0 Å². The van der Waals surface area contributed by atoms with E-state index in [4.69, 9.17) is 10.8 Å². The maximum Gasteiger partial charge on any atom is 0.331 e. The second kappa shape index (κ2) is 4.85. The number of aliphatic hydroxyl groups excluding tert-OH is 1. The lowest BCUT2D eigenvalue weighted by Gasteiger charge is -2.16. The molecule has 0 aromatic heterocycles. The van der Waals surface area contributed by atoms with Gasteiger partial charge in [0.2, 0.25) is 0 Å². The van der Waals surface area contributed by atoms with Crippen LogP contribution in [0.3, 0.4) is 0 Å². The van der Waals surface area contributed by atoms with E-state index >= 15 is 0 Å². The summed E-state index contributed by atoms with van der Waals surface area (Å²) in [5.74, 6) is 0. The summed E-state index contributed by atoms with van der Waals surface area (Å²) in [4.78, 5) is 0. The van der Waals surface area contributed by atoms with Crippen molar-refractivity contribution in [2.45, 2.75) is 6.04 Å². The van der Waals surface area contributed by atoms with E-state index in [1.54, 1.807) is 0 Å². The van der Waals surface area contributed by atoms with Gasteiger partial charge >= 0.3 is 7.60 Å². The van der Waals surface area contributed by atoms with Crippen molar-refractivity contribution in [3.05, 3.63) is 0 Å². The Balaban J connectivity index is 3.97. The predicted molar refractivity (Wildman–Crippen MR) is 41.6 cm³/mol. The summed E-state index contributed by atoms with van der Waals surface area (Å²) in [6, 6.07) is -0.555. The van der Waals surface area contributed by atoms with Crippen LogP contribution in [0.25, 0.3) is 0 Å². The molecule has 0 amide bonds. The molecular formula is C5H14NO4P. The summed E-state index contributed by atoms with van der Waals surface area (Å²) in [6.45, 7) is -0.225. The smallest absolute Gasteiger partial charge is 0.331 e. The second-order valence-corrected chi connectivity index (χ2v) is 4.42. The third kappa shape index (κ3) is 3.84. The minimum Gasteiger partial charge on any atom is -0.395 e. The number of hydrogen-bond acceptors (Lipinski definition) is 5. The molecule has 0 aromatic carbocycles. The molecule has 1 unspecified atom stereocenters. The fraction of sp³-hybridized carbons (Fsp3) is 1.00. The van der Waals surface area contributed by atoms with Crippen LogP contribution in [0.1, 0.15) is 0 Å². The van der Waals surface area contributed by atoms with E-state index in [2.05, 4.69) is 9.05 Å². The van der Waals surface area contributed by atoms with Gasteiger partial charge in [-0.25, -0.2) is 0 Å². The lowest BCUT2D eigenvalue weighted by atomic mass is 10.4. The van der Waals surface area contributed by atoms with Crippen molar-refractivity contribution in [1.29, 1.82) is 0 Å². The fourth-order valence-corrected chi connectivity index (χ4v) is 1.71. The van der Waals surface area contributed by atoms with Crippen LogP contribution in [0.5, 0.6) is 0 Å². The van der Waals surface area contributed by atoms with Gasteiger partial charge in [0.25, 0.3) is 0 Å². The molecular weight excluding hydrogens is 169 g/mol. The van der Waals surface area contributed by atoms with Crippen molar-refractivity contribution < 1.29 is 18.7 Å². The number of hydrogen-bond donors (Lipinski definition) is 2. The Morgan fingerprint density at radius 3 is 2.27 bits per heavy atom. The first-order valence-corrected chi connectivity index (χ1v) is 4.87. The molecule has 0 rings (SSSR count). The third-order valence-electron chi connectivity index (χ3n) is 1.25. The van der Waals surface area contributed by atoms with E-state index in [0.29, 0.717) is 0 Å². The Hall–Kier alpha value is 0.0700. The van der Waals surface area contributed by atoms with Crippen molar-refractivity contribution in [1.82, 2.24) is 0 Å². The van der Waals surface area contributed by atoms with Crippen LogP contribution in [0.15, 0.2) is 0 Å². The van der Waals surface area contributed by atoms with Crippen molar-refractivity contribution in [2.75, 3.05) is 27.0 Å². The number of nitrogens with two attached hydrogens (primary N) is 1. The number of aliphatic hydroxyl groups is 1. The van der Waals surface area contributed by atoms with E-state index < -0.39 is 13.6 Å². The molecule has 11 heavy (non-hydrogen) atoms. The normalized spacial score (nSPS) is 14.9. The molecule has 0 aliphatic rings. The Labute approximate surface area is 66.0 Å². The highest BCUT2D eigenvalue weighted by molar-refractivity contribution is 7.53. The highest BCUT2D eigenvalue weighted by Gasteiger charge is 2.23. The topological polar surface area (TPSA) is 81.8 Å². The largest absolute Gasteiger partial charge is 0.395 e. The van der Waals surface area contributed by atoms with E-state index in [-0.39, 0.29) is 12.8 Å². The molecule has 0 spiro atoms. The summed E-state index contributed by atoms with van der Waals surface area (Å²) >= 11 is 0.